The zero-order valence-corrected chi connectivity index (χ0v) is 6.92. The van der Waals surface area contributed by atoms with Gasteiger partial charge < -0.3 is 4.74 Å². The van der Waals surface area contributed by atoms with Crippen LogP contribution in [-0.2, 0) is 4.74 Å². The fourth-order valence-electron chi connectivity index (χ4n) is 1.93. The summed E-state index contributed by atoms with van der Waals surface area (Å²) in [6.45, 7) is 2.96. The average Bonchev–Trinajstić information content (AvgIpc) is 2.47. The zero-order chi connectivity index (χ0) is 7.68. The second-order valence-electron chi connectivity index (χ2n) is 3.24. The smallest absolute Gasteiger partial charge is 0.0687 e. The molecule has 2 aliphatic rings. The molecule has 0 amide bonds. The molecule has 0 aromatic carbocycles. The Morgan fingerprint density at radius 2 is 2.55 bits per heavy atom. The van der Waals surface area contributed by atoms with Crippen molar-refractivity contribution >= 4 is 0 Å². The Kier molecular flexibility index (Phi) is 1.82. The molecule has 0 saturated carbocycles. The van der Waals surface area contributed by atoms with Crippen LogP contribution in [0, 0.1) is 5.92 Å². The zero-order valence-electron chi connectivity index (χ0n) is 6.92. The van der Waals surface area contributed by atoms with Gasteiger partial charge in [-0.25, -0.2) is 0 Å². The maximum atomic E-state index is 5.64. The fraction of sp³-hybridized carbons (Fsp3) is 0.600. The lowest BCUT2D eigenvalue weighted by Gasteiger charge is -2.18. The van der Waals surface area contributed by atoms with Crippen LogP contribution in [0.1, 0.15) is 19.8 Å². The third-order valence-corrected chi connectivity index (χ3v) is 2.62. The largest absolute Gasteiger partial charge is 0.373 e. The minimum Gasteiger partial charge on any atom is -0.373 e. The van der Waals surface area contributed by atoms with Crippen molar-refractivity contribution in [3.05, 3.63) is 23.8 Å². The molecule has 2 atom stereocenters. The van der Waals surface area contributed by atoms with Gasteiger partial charge in [-0.05, 0) is 25.3 Å². The van der Waals surface area contributed by atoms with Gasteiger partial charge in [0.15, 0.2) is 0 Å². The molecule has 0 N–H and O–H groups in total. The molecule has 0 unspecified atom stereocenters. The van der Waals surface area contributed by atoms with Crippen molar-refractivity contribution in [1.82, 2.24) is 0 Å². The quantitative estimate of drug-likeness (QED) is 0.481. The first-order chi connectivity index (χ1) is 5.42. The van der Waals surface area contributed by atoms with Gasteiger partial charge in [-0.3, -0.25) is 0 Å². The Labute approximate surface area is 67.7 Å². The maximum Gasteiger partial charge on any atom is 0.0687 e. The lowest BCUT2D eigenvalue weighted by atomic mass is 9.89. The van der Waals surface area contributed by atoms with Crippen molar-refractivity contribution in [3.63, 3.8) is 0 Å². The molecule has 2 rings (SSSR count). The van der Waals surface area contributed by atoms with Crippen molar-refractivity contribution in [2.75, 3.05) is 6.61 Å². The molecule has 1 saturated heterocycles. The van der Waals surface area contributed by atoms with Gasteiger partial charge in [-0.2, -0.15) is 0 Å². The van der Waals surface area contributed by atoms with Crippen LogP contribution in [0.25, 0.3) is 0 Å². The van der Waals surface area contributed by atoms with E-state index in [0.717, 1.165) is 6.61 Å². The third-order valence-electron chi connectivity index (χ3n) is 2.62. The molecule has 1 nitrogen and oxygen atoms in total. The fourth-order valence-corrected chi connectivity index (χ4v) is 1.93. The summed E-state index contributed by atoms with van der Waals surface area (Å²) < 4.78 is 5.64. The van der Waals surface area contributed by atoms with E-state index in [4.69, 9.17) is 4.74 Å². The van der Waals surface area contributed by atoms with Gasteiger partial charge in [0.25, 0.3) is 0 Å². The van der Waals surface area contributed by atoms with E-state index < -0.39 is 0 Å². The summed E-state index contributed by atoms with van der Waals surface area (Å²) >= 11 is 0. The Morgan fingerprint density at radius 3 is 3.36 bits per heavy atom. The first-order valence-corrected chi connectivity index (χ1v) is 4.35. The number of rotatable bonds is 0. The molecule has 60 valence electrons. The van der Waals surface area contributed by atoms with Crippen molar-refractivity contribution < 1.29 is 4.74 Å². The molecule has 0 aromatic heterocycles. The molecule has 11 heavy (non-hydrogen) atoms. The lowest BCUT2D eigenvalue weighted by Crippen LogP contribution is -2.17. The van der Waals surface area contributed by atoms with E-state index in [2.05, 4.69) is 25.2 Å². The summed E-state index contributed by atoms with van der Waals surface area (Å²) in [6, 6.07) is 0. The highest BCUT2D eigenvalue weighted by molar-refractivity contribution is 5.21. The molecular weight excluding hydrogens is 136 g/mol. The van der Waals surface area contributed by atoms with Crippen LogP contribution >= 0.6 is 0 Å². The van der Waals surface area contributed by atoms with Gasteiger partial charge in [0.05, 0.1) is 12.7 Å². The van der Waals surface area contributed by atoms with E-state index in [1.807, 2.05) is 0 Å². The van der Waals surface area contributed by atoms with E-state index >= 15 is 0 Å². The minimum absolute atomic E-state index is 0.492. The average molecular weight is 150 g/mol. The molecule has 1 aliphatic heterocycles. The van der Waals surface area contributed by atoms with E-state index in [0.29, 0.717) is 12.0 Å². The Bertz CT molecular complexity index is 203. The number of hydrogen-bond acceptors (Lipinski definition) is 1. The summed E-state index contributed by atoms with van der Waals surface area (Å²) in [6.07, 6.45) is 9.67. The molecular formula is C10H14O. The molecule has 1 fully saturated rings. The van der Waals surface area contributed by atoms with Crippen LogP contribution in [0.4, 0.5) is 0 Å². The maximum absolute atomic E-state index is 5.64. The Morgan fingerprint density at radius 1 is 1.64 bits per heavy atom. The van der Waals surface area contributed by atoms with Gasteiger partial charge in [-0.1, -0.05) is 18.2 Å². The van der Waals surface area contributed by atoms with Crippen molar-refractivity contribution in [1.29, 1.82) is 0 Å². The summed E-state index contributed by atoms with van der Waals surface area (Å²) in [7, 11) is 0. The van der Waals surface area contributed by atoms with Crippen LogP contribution in [-0.4, -0.2) is 12.7 Å². The standard InChI is InChI=1S/C10H14O/c1-2-8-7-11-10-6-4-3-5-9(8)10/h2-3,5,9-10H,4,6-7H2,1H3/b8-2+/t9-,10-/m1/s1. The summed E-state index contributed by atoms with van der Waals surface area (Å²) in [5.41, 5.74) is 1.46. The summed E-state index contributed by atoms with van der Waals surface area (Å²) in [5.74, 6) is 0.605. The van der Waals surface area contributed by atoms with Crippen LogP contribution in [0.15, 0.2) is 23.8 Å². The first-order valence-electron chi connectivity index (χ1n) is 4.35. The highest BCUT2D eigenvalue weighted by Crippen LogP contribution is 2.33. The van der Waals surface area contributed by atoms with Crippen molar-refractivity contribution in [2.24, 2.45) is 5.92 Å². The number of ether oxygens (including phenoxy) is 1. The van der Waals surface area contributed by atoms with Gasteiger partial charge in [-0.15, -0.1) is 0 Å². The molecule has 0 spiro atoms. The third kappa shape index (κ3) is 1.14. The van der Waals surface area contributed by atoms with E-state index in [1.54, 1.807) is 0 Å². The topological polar surface area (TPSA) is 9.23 Å². The van der Waals surface area contributed by atoms with E-state index in [-0.39, 0.29) is 0 Å². The van der Waals surface area contributed by atoms with Gasteiger partial charge >= 0.3 is 0 Å². The summed E-state index contributed by atoms with van der Waals surface area (Å²) in [4.78, 5) is 0. The van der Waals surface area contributed by atoms with Crippen molar-refractivity contribution in [2.45, 2.75) is 25.9 Å². The molecule has 1 heteroatoms. The number of hydrogen-bond donors (Lipinski definition) is 0. The predicted molar refractivity (Wildman–Crippen MR) is 45.4 cm³/mol. The molecule has 1 heterocycles. The second kappa shape index (κ2) is 2.82. The summed E-state index contributed by atoms with van der Waals surface area (Å²) in [5, 5.41) is 0. The van der Waals surface area contributed by atoms with E-state index in [1.165, 1.54) is 18.4 Å². The van der Waals surface area contributed by atoms with Crippen molar-refractivity contribution in [3.8, 4) is 0 Å². The molecule has 0 aromatic rings. The monoisotopic (exact) mass is 150 g/mol. The van der Waals surface area contributed by atoms with Crippen LogP contribution in [0.3, 0.4) is 0 Å². The highest BCUT2D eigenvalue weighted by atomic mass is 16.5. The SMILES string of the molecule is C/C=C1\CO[C@@H]2CCC=C[C@H]12. The van der Waals surface area contributed by atoms with Gasteiger partial charge in [0.1, 0.15) is 0 Å². The molecule has 0 radical (unpaired) electrons. The van der Waals surface area contributed by atoms with Gasteiger partial charge in [0.2, 0.25) is 0 Å². The first kappa shape index (κ1) is 7.11. The predicted octanol–water partition coefficient (Wildman–Crippen LogP) is 2.30. The van der Waals surface area contributed by atoms with E-state index in [9.17, 15) is 0 Å². The number of allylic oxidation sites excluding steroid dienone is 2. The molecule has 0 bridgehead atoms. The van der Waals surface area contributed by atoms with Gasteiger partial charge in [0, 0.05) is 5.92 Å². The minimum atomic E-state index is 0.492. The number of fused-ring (bicyclic) bond motifs is 1. The van der Waals surface area contributed by atoms with Crippen LogP contribution in [0.2, 0.25) is 0 Å². The Balaban J connectivity index is 2.21. The normalized spacial score (nSPS) is 39.5. The van der Waals surface area contributed by atoms with Crippen LogP contribution in [0.5, 0.6) is 0 Å². The molecule has 1 aliphatic carbocycles. The second-order valence-corrected chi connectivity index (χ2v) is 3.24. The Hall–Kier alpha value is -0.560. The highest BCUT2D eigenvalue weighted by Gasteiger charge is 2.30. The van der Waals surface area contributed by atoms with Crippen LogP contribution < -0.4 is 0 Å². The lowest BCUT2D eigenvalue weighted by molar-refractivity contribution is 0.0906.